The SMILES string of the molecule is CC(C)Oc1ncccc1NC(=O)NC(C)(C)C. The summed E-state index contributed by atoms with van der Waals surface area (Å²) in [5.41, 5.74) is 0.277. The third-order valence-corrected chi connectivity index (χ3v) is 1.86. The van der Waals surface area contributed by atoms with Crippen LogP contribution in [0.4, 0.5) is 10.5 Å². The molecule has 0 aliphatic carbocycles. The second kappa shape index (κ2) is 5.71. The number of aromatic nitrogens is 1. The highest BCUT2D eigenvalue weighted by Crippen LogP contribution is 2.21. The van der Waals surface area contributed by atoms with Gasteiger partial charge in [0, 0.05) is 11.7 Å². The van der Waals surface area contributed by atoms with Gasteiger partial charge in [0.05, 0.1) is 6.10 Å². The lowest BCUT2D eigenvalue weighted by Gasteiger charge is -2.21. The number of ether oxygens (including phenoxy) is 1. The summed E-state index contributed by atoms with van der Waals surface area (Å²) in [4.78, 5) is 15.9. The van der Waals surface area contributed by atoms with Crippen LogP contribution in [0.2, 0.25) is 0 Å². The molecule has 0 aliphatic heterocycles. The van der Waals surface area contributed by atoms with Gasteiger partial charge in [-0.3, -0.25) is 0 Å². The molecular weight excluding hydrogens is 230 g/mol. The third kappa shape index (κ3) is 5.03. The average Bonchev–Trinajstić information content (AvgIpc) is 2.17. The molecule has 0 aliphatic rings. The standard InChI is InChI=1S/C13H21N3O2/c1-9(2)18-11-10(7-6-8-14-11)15-12(17)16-13(3,4)5/h6-9H,1-5H3,(H2,15,16,17). The first-order valence-electron chi connectivity index (χ1n) is 5.99. The van der Waals surface area contributed by atoms with E-state index in [0.717, 1.165) is 0 Å². The molecule has 0 spiro atoms. The fourth-order valence-electron chi connectivity index (χ4n) is 1.30. The van der Waals surface area contributed by atoms with Crippen LogP contribution in [0.15, 0.2) is 18.3 Å². The molecule has 1 aromatic heterocycles. The number of nitrogens with zero attached hydrogens (tertiary/aromatic N) is 1. The summed E-state index contributed by atoms with van der Waals surface area (Å²) in [5.74, 6) is 0.427. The number of rotatable bonds is 3. The van der Waals surface area contributed by atoms with E-state index >= 15 is 0 Å². The van der Waals surface area contributed by atoms with E-state index in [9.17, 15) is 4.79 Å². The van der Waals surface area contributed by atoms with Gasteiger partial charge in [-0.1, -0.05) is 0 Å². The largest absolute Gasteiger partial charge is 0.473 e. The highest BCUT2D eigenvalue weighted by Gasteiger charge is 2.15. The summed E-state index contributed by atoms with van der Waals surface area (Å²) < 4.78 is 5.52. The number of carbonyl (C=O) groups excluding carboxylic acids is 1. The van der Waals surface area contributed by atoms with Gasteiger partial charge in [0.2, 0.25) is 5.88 Å². The van der Waals surface area contributed by atoms with E-state index in [2.05, 4.69) is 15.6 Å². The van der Waals surface area contributed by atoms with E-state index in [-0.39, 0.29) is 17.7 Å². The lowest BCUT2D eigenvalue weighted by Crippen LogP contribution is -2.43. The molecule has 0 radical (unpaired) electrons. The van der Waals surface area contributed by atoms with Crippen LogP contribution in [0.3, 0.4) is 0 Å². The number of hydrogen-bond acceptors (Lipinski definition) is 3. The van der Waals surface area contributed by atoms with Gasteiger partial charge in [-0.05, 0) is 46.8 Å². The van der Waals surface area contributed by atoms with Crippen molar-refractivity contribution in [2.45, 2.75) is 46.3 Å². The van der Waals surface area contributed by atoms with Gasteiger partial charge in [0.15, 0.2) is 0 Å². The zero-order valence-electron chi connectivity index (χ0n) is 11.6. The third-order valence-electron chi connectivity index (χ3n) is 1.86. The summed E-state index contributed by atoms with van der Waals surface area (Å²) >= 11 is 0. The molecule has 0 unspecified atom stereocenters. The molecule has 0 atom stereocenters. The molecule has 2 N–H and O–H groups in total. The monoisotopic (exact) mass is 251 g/mol. The Bertz CT molecular complexity index is 411. The Morgan fingerprint density at radius 1 is 1.39 bits per heavy atom. The summed E-state index contributed by atoms with van der Waals surface area (Å²) in [7, 11) is 0. The molecule has 1 heterocycles. The maximum Gasteiger partial charge on any atom is 0.319 e. The van der Waals surface area contributed by atoms with E-state index in [1.54, 1.807) is 18.3 Å². The van der Waals surface area contributed by atoms with Crippen molar-refractivity contribution in [2.75, 3.05) is 5.32 Å². The van der Waals surface area contributed by atoms with Crippen LogP contribution in [-0.4, -0.2) is 22.7 Å². The maximum absolute atomic E-state index is 11.8. The van der Waals surface area contributed by atoms with Gasteiger partial charge in [0.25, 0.3) is 0 Å². The number of nitrogens with one attached hydrogen (secondary N) is 2. The number of urea groups is 1. The lowest BCUT2D eigenvalue weighted by molar-refractivity contribution is 0.232. The predicted molar refractivity (Wildman–Crippen MR) is 71.9 cm³/mol. The van der Waals surface area contributed by atoms with E-state index in [1.165, 1.54) is 0 Å². The topological polar surface area (TPSA) is 63.2 Å². The molecule has 0 aromatic carbocycles. The molecule has 0 fully saturated rings. The minimum Gasteiger partial charge on any atom is -0.473 e. The second-order valence-electron chi connectivity index (χ2n) is 5.35. The van der Waals surface area contributed by atoms with Crippen LogP contribution in [0.25, 0.3) is 0 Å². The van der Waals surface area contributed by atoms with E-state index in [4.69, 9.17) is 4.74 Å². The van der Waals surface area contributed by atoms with Crippen molar-refractivity contribution in [3.63, 3.8) is 0 Å². The molecule has 5 nitrogen and oxygen atoms in total. The van der Waals surface area contributed by atoms with Crippen LogP contribution < -0.4 is 15.4 Å². The molecule has 100 valence electrons. The van der Waals surface area contributed by atoms with Crippen molar-refractivity contribution in [1.82, 2.24) is 10.3 Å². The minimum absolute atomic E-state index is 0.00567. The second-order valence-corrected chi connectivity index (χ2v) is 5.35. The van der Waals surface area contributed by atoms with Gasteiger partial charge in [-0.25, -0.2) is 9.78 Å². The van der Waals surface area contributed by atoms with E-state index in [0.29, 0.717) is 11.6 Å². The Labute approximate surface area is 108 Å². The first-order chi connectivity index (χ1) is 8.28. The summed E-state index contributed by atoms with van der Waals surface area (Å²) in [6.07, 6.45) is 1.64. The smallest absolute Gasteiger partial charge is 0.319 e. The Hall–Kier alpha value is -1.78. The van der Waals surface area contributed by atoms with Gasteiger partial charge in [0.1, 0.15) is 5.69 Å². The zero-order chi connectivity index (χ0) is 13.8. The molecule has 18 heavy (non-hydrogen) atoms. The molecule has 5 heteroatoms. The number of hydrogen-bond donors (Lipinski definition) is 2. The van der Waals surface area contributed by atoms with Crippen LogP contribution >= 0.6 is 0 Å². The Morgan fingerprint density at radius 3 is 2.61 bits per heavy atom. The van der Waals surface area contributed by atoms with Gasteiger partial charge < -0.3 is 15.4 Å². The van der Waals surface area contributed by atoms with E-state index < -0.39 is 0 Å². The maximum atomic E-state index is 11.8. The Balaban J connectivity index is 2.75. The highest BCUT2D eigenvalue weighted by atomic mass is 16.5. The fourth-order valence-corrected chi connectivity index (χ4v) is 1.30. The number of anilines is 1. The van der Waals surface area contributed by atoms with Crippen molar-refractivity contribution in [1.29, 1.82) is 0 Å². The van der Waals surface area contributed by atoms with Gasteiger partial charge >= 0.3 is 6.03 Å². The normalized spacial score (nSPS) is 11.2. The van der Waals surface area contributed by atoms with Crippen molar-refractivity contribution >= 4 is 11.7 Å². The zero-order valence-corrected chi connectivity index (χ0v) is 11.6. The minimum atomic E-state index is -0.286. The summed E-state index contributed by atoms with van der Waals surface area (Å²) in [6.45, 7) is 9.57. The molecule has 1 aromatic rings. The summed E-state index contributed by atoms with van der Waals surface area (Å²) in [6, 6.07) is 3.23. The van der Waals surface area contributed by atoms with Crippen molar-refractivity contribution in [2.24, 2.45) is 0 Å². The number of carbonyl (C=O) groups is 1. The highest BCUT2D eigenvalue weighted by molar-refractivity contribution is 5.90. The van der Waals surface area contributed by atoms with Crippen molar-refractivity contribution in [3.05, 3.63) is 18.3 Å². The van der Waals surface area contributed by atoms with Crippen molar-refractivity contribution < 1.29 is 9.53 Å². The number of pyridine rings is 1. The predicted octanol–water partition coefficient (Wildman–Crippen LogP) is 2.79. The molecule has 1 rings (SSSR count). The van der Waals surface area contributed by atoms with E-state index in [1.807, 2.05) is 34.6 Å². The fraction of sp³-hybridized carbons (Fsp3) is 0.538. The first-order valence-corrected chi connectivity index (χ1v) is 5.99. The molecule has 2 amide bonds. The molecule has 0 saturated carbocycles. The molecule has 0 bridgehead atoms. The molecular formula is C13H21N3O2. The quantitative estimate of drug-likeness (QED) is 0.868. The van der Waals surface area contributed by atoms with Crippen LogP contribution in [0.5, 0.6) is 5.88 Å². The van der Waals surface area contributed by atoms with Gasteiger partial charge in [-0.15, -0.1) is 0 Å². The van der Waals surface area contributed by atoms with Gasteiger partial charge in [-0.2, -0.15) is 0 Å². The van der Waals surface area contributed by atoms with Crippen LogP contribution in [0.1, 0.15) is 34.6 Å². The number of amides is 2. The lowest BCUT2D eigenvalue weighted by atomic mass is 10.1. The summed E-state index contributed by atoms with van der Waals surface area (Å²) in [5, 5.41) is 5.55. The average molecular weight is 251 g/mol. The van der Waals surface area contributed by atoms with Crippen molar-refractivity contribution in [3.8, 4) is 5.88 Å². The molecule has 0 saturated heterocycles. The van der Waals surface area contributed by atoms with Crippen LogP contribution in [0, 0.1) is 0 Å². The Kier molecular flexibility index (Phi) is 4.53. The first kappa shape index (κ1) is 14.3. The Morgan fingerprint density at radius 2 is 2.06 bits per heavy atom. The van der Waals surface area contributed by atoms with Crippen LogP contribution in [-0.2, 0) is 0 Å².